The lowest BCUT2D eigenvalue weighted by atomic mass is 10.1. The van der Waals surface area contributed by atoms with E-state index in [1.807, 2.05) is 65.5 Å². The summed E-state index contributed by atoms with van der Waals surface area (Å²) in [6, 6.07) is 20.2. The van der Waals surface area contributed by atoms with E-state index < -0.39 is 0 Å². The Labute approximate surface area is 200 Å². The summed E-state index contributed by atoms with van der Waals surface area (Å²) in [5, 5.41) is 14.4. The first-order valence-electron chi connectivity index (χ1n) is 10.4. The van der Waals surface area contributed by atoms with Gasteiger partial charge in [-0.2, -0.15) is 0 Å². The van der Waals surface area contributed by atoms with E-state index in [4.69, 9.17) is 0 Å². The standard InChI is InChI=1S/C25H23FN4OS2/c1-30-24(28-29-25(30)33-17-19-10-5-6-12-21(19)26)22(16-18-8-3-2-4-9-18)27-23(31)14-13-20-11-7-15-32-20/h2-15,22H,16-17H2,1H3,(H,27,31)/b14-13+/t22-/m0/s1. The summed E-state index contributed by atoms with van der Waals surface area (Å²) in [6.07, 6.45) is 3.91. The van der Waals surface area contributed by atoms with Crippen LogP contribution in [0.4, 0.5) is 4.39 Å². The molecule has 1 atom stereocenters. The van der Waals surface area contributed by atoms with Crippen molar-refractivity contribution in [2.45, 2.75) is 23.4 Å². The van der Waals surface area contributed by atoms with Crippen molar-refractivity contribution in [1.82, 2.24) is 20.1 Å². The van der Waals surface area contributed by atoms with Crippen LogP contribution in [0.15, 0.2) is 83.3 Å². The van der Waals surface area contributed by atoms with Crippen LogP contribution in [-0.4, -0.2) is 20.7 Å². The first kappa shape index (κ1) is 22.9. The summed E-state index contributed by atoms with van der Waals surface area (Å²) in [5.41, 5.74) is 1.69. The minimum atomic E-state index is -0.367. The van der Waals surface area contributed by atoms with Gasteiger partial charge in [-0.15, -0.1) is 21.5 Å². The van der Waals surface area contributed by atoms with Gasteiger partial charge >= 0.3 is 0 Å². The number of carbonyl (C=O) groups excluding carboxylic acids is 1. The van der Waals surface area contributed by atoms with Gasteiger partial charge in [0.15, 0.2) is 11.0 Å². The van der Waals surface area contributed by atoms with Crippen molar-refractivity contribution < 1.29 is 9.18 Å². The van der Waals surface area contributed by atoms with E-state index in [9.17, 15) is 9.18 Å². The molecule has 0 bridgehead atoms. The van der Waals surface area contributed by atoms with E-state index in [0.717, 1.165) is 10.4 Å². The molecule has 4 rings (SSSR count). The van der Waals surface area contributed by atoms with Gasteiger partial charge in [-0.1, -0.05) is 66.4 Å². The number of nitrogens with zero attached hydrogens (tertiary/aromatic N) is 3. The number of nitrogens with one attached hydrogen (secondary N) is 1. The molecule has 0 radical (unpaired) electrons. The van der Waals surface area contributed by atoms with Crippen molar-refractivity contribution in [2.24, 2.45) is 7.05 Å². The number of hydrogen-bond acceptors (Lipinski definition) is 5. The van der Waals surface area contributed by atoms with E-state index in [-0.39, 0.29) is 17.8 Å². The molecule has 0 aliphatic rings. The molecule has 0 aliphatic carbocycles. The van der Waals surface area contributed by atoms with Crippen LogP contribution in [0.25, 0.3) is 6.08 Å². The largest absolute Gasteiger partial charge is 0.342 e. The number of carbonyl (C=O) groups is 1. The molecule has 2 heterocycles. The summed E-state index contributed by atoms with van der Waals surface area (Å²) < 4.78 is 15.8. The second kappa shape index (κ2) is 11.1. The highest BCUT2D eigenvalue weighted by Crippen LogP contribution is 2.25. The number of benzene rings is 2. The van der Waals surface area contributed by atoms with Crippen LogP contribution >= 0.6 is 23.1 Å². The summed E-state index contributed by atoms with van der Waals surface area (Å²) in [7, 11) is 1.87. The Morgan fingerprint density at radius 2 is 1.91 bits per heavy atom. The minimum Gasteiger partial charge on any atom is -0.342 e. The van der Waals surface area contributed by atoms with Gasteiger partial charge in [-0.05, 0) is 41.1 Å². The predicted octanol–water partition coefficient (Wildman–Crippen LogP) is 5.42. The van der Waals surface area contributed by atoms with Crippen molar-refractivity contribution >= 4 is 35.1 Å². The summed E-state index contributed by atoms with van der Waals surface area (Å²) >= 11 is 2.98. The molecule has 1 amide bonds. The molecule has 0 spiro atoms. The summed E-state index contributed by atoms with van der Waals surface area (Å²) in [5.74, 6) is 0.651. The van der Waals surface area contributed by atoms with Crippen molar-refractivity contribution in [3.05, 3.63) is 106 Å². The molecule has 0 saturated heterocycles. The van der Waals surface area contributed by atoms with E-state index in [1.165, 1.54) is 23.9 Å². The lowest BCUT2D eigenvalue weighted by molar-refractivity contribution is -0.117. The molecule has 168 valence electrons. The van der Waals surface area contributed by atoms with E-state index >= 15 is 0 Å². The number of thiophene rings is 1. The first-order chi connectivity index (χ1) is 16.1. The summed E-state index contributed by atoms with van der Waals surface area (Å²) in [6.45, 7) is 0. The molecular weight excluding hydrogens is 455 g/mol. The monoisotopic (exact) mass is 478 g/mol. The van der Waals surface area contributed by atoms with Crippen LogP contribution in [-0.2, 0) is 24.0 Å². The molecule has 0 unspecified atom stereocenters. The number of halogens is 1. The smallest absolute Gasteiger partial charge is 0.244 e. The van der Waals surface area contributed by atoms with Crippen LogP contribution in [0.2, 0.25) is 0 Å². The first-order valence-corrected chi connectivity index (χ1v) is 12.3. The Kier molecular flexibility index (Phi) is 7.70. The quantitative estimate of drug-likeness (QED) is 0.258. The van der Waals surface area contributed by atoms with Gasteiger partial charge in [-0.3, -0.25) is 4.79 Å². The van der Waals surface area contributed by atoms with E-state index in [0.29, 0.717) is 28.7 Å². The molecule has 2 aromatic carbocycles. The van der Waals surface area contributed by atoms with Crippen molar-refractivity contribution in [2.75, 3.05) is 0 Å². The minimum absolute atomic E-state index is 0.201. The third kappa shape index (κ3) is 6.18. The van der Waals surface area contributed by atoms with Gasteiger partial charge < -0.3 is 9.88 Å². The number of hydrogen-bond donors (Lipinski definition) is 1. The molecule has 0 fully saturated rings. The van der Waals surface area contributed by atoms with Crippen LogP contribution < -0.4 is 5.32 Å². The Hall–Kier alpha value is -3.23. The topological polar surface area (TPSA) is 59.8 Å². The molecule has 4 aromatic rings. The Balaban J connectivity index is 1.52. The maximum atomic E-state index is 14.0. The maximum Gasteiger partial charge on any atom is 0.244 e. The molecule has 0 aliphatic heterocycles. The second-order valence-corrected chi connectivity index (χ2v) is 9.30. The van der Waals surface area contributed by atoms with Gasteiger partial charge in [0.25, 0.3) is 0 Å². The van der Waals surface area contributed by atoms with E-state index in [2.05, 4.69) is 15.5 Å². The number of thioether (sulfide) groups is 1. The lowest BCUT2D eigenvalue weighted by Crippen LogP contribution is -2.30. The Bertz CT molecular complexity index is 1220. The van der Waals surface area contributed by atoms with Gasteiger partial charge in [0.2, 0.25) is 5.91 Å². The SMILES string of the molecule is Cn1c(SCc2ccccc2F)nnc1[C@H](Cc1ccccc1)NC(=O)/C=C/c1cccs1. The number of rotatable bonds is 9. The van der Waals surface area contributed by atoms with Crippen molar-refractivity contribution in [1.29, 1.82) is 0 Å². The normalized spacial score (nSPS) is 12.2. The van der Waals surface area contributed by atoms with Crippen LogP contribution in [0, 0.1) is 5.82 Å². The summed E-state index contributed by atoms with van der Waals surface area (Å²) in [4.78, 5) is 13.7. The van der Waals surface area contributed by atoms with Crippen LogP contribution in [0.1, 0.15) is 27.9 Å². The molecule has 5 nitrogen and oxygen atoms in total. The Morgan fingerprint density at radius 3 is 2.67 bits per heavy atom. The average molecular weight is 479 g/mol. The molecular formula is C25H23FN4OS2. The zero-order valence-corrected chi connectivity index (χ0v) is 19.7. The average Bonchev–Trinajstić information content (AvgIpc) is 3.47. The predicted molar refractivity (Wildman–Crippen MR) is 131 cm³/mol. The van der Waals surface area contributed by atoms with Gasteiger partial charge in [0.05, 0.1) is 6.04 Å². The highest BCUT2D eigenvalue weighted by Gasteiger charge is 2.22. The molecule has 8 heteroatoms. The zero-order chi connectivity index (χ0) is 23.0. The third-order valence-electron chi connectivity index (χ3n) is 5.04. The highest BCUT2D eigenvalue weighted by molar-refractivity contribution is 7.98. The third-order valence-corrected chi connectivity index (χ3v) is 6.94. The molecule has 0 saturated carbocycles. The fourth-order valence-corrected chi connectivity index (χ4v) is 4.86. The number of amides is 1. The van der Waals surface area contributed by atoms with Crippen LogP contribution in [0.3, 0.4) is 0 Å². The van der Waals surface area contributed by atoms with Crippen molar-refractivity contribution in [3.8, 4) is 0 Å². The van der Waals surface area contributed by atoms with Crippen LogP contribution in [0.5, 0.6) is 0 Å². The zero-order valence-electron chi connectivity index (χ0n) is 18.0. The Morgan fingerprint density at radius 1 is 1.12 bits per heavy atom. The number of aromatic nitrogens is 3. The lowest BCUT2D eigenvalue weighted by Gasteiger charge is -2.17. The fourth-order valence-electron chi connectivity index (χ4n) is 3.33. The van der Waals surface area contributed by atoms with Gasteiger partial charge in [0, 0.05) is 23.8 Å². The highest BCUT2D eigenvalue weighted by atomic mass is 32.2. The molecule has 1 N–H and O–H groups in total. The fraction of sp³-hybridized carbons (Fsp3) is 0.160. The molecule has 33 heavy (non-hydrogen) atoms. The van der Waals surface area contributed by atoms with Crippen molar-refractivity contribution in [3.63, 3.8) is 0 Å². The van der Waals surface area contributed by atoms with Gasteiger partial charge in [0.1, 0.15) is 5.82 Å². The maximum absolute atomic E-state index is 14.0. The van der Waals surface area contributed by atoms with E-state index in [1.54, 1.807) is 29.5 Å². The second-order valence-electron chi connectivity index (χ2n) is 7.38. The molecule has 2 aromatic heterocycles. The van der Waals surface area contributed by atoms with Gasteiger partial charge in [-0.25, -0.2) is 4.39 Å².